The Morgan fingerprint density at radius 2 is 0.852 bits per heavy atom. The van der Waals surface area contributed by atoms with Gasteiger partial charge >= 0.3 is 0 Å². The summed E-state index contributed by atoms with van der Waals surface area (Å²) in [5, 5.41) is 32.1. The Bertz CT molecular complexity index is 2870. The molecule has 10 heteroatoms. The number of piperidine rings is 2. The summed E-state index contributed by atoms with van der Waals surface area (Å²) in [5.74, 6) is 0. The molecule has 8 rings (SSSR count). The summed E-state index contributed by atoms with van der Waals surface area (Å²) in [5.41, 5.74) is -0.516. The first-order chi connectivity index (χ1) is 25.1. The van der Waals surface area contributed by atoms with Crippen molar-refractivity contribution in [3.05, 3.63) is 106 Å². The average molecular weight is 729 g/mol. The summed E-state index contributed by atoms with van der Waals surface area (Å²) >= 11 is 0. The lowest BCUT2D eigenvalue weighted by atomic mass is 9.75. The van der Waals surface area contributed by atoms with E-state index in [1.54, 1.807) is 0 Å². The van der Waals surface area contributed by atoms with Gasteiger partial charge < -0.3 is 10.4 Å². The highest BCUT2D eigenvalue weighted by Crippen LogP contribution is 2.42. The minimum atomic E-state index is -0.584. The number of hydroxylamine groups is 4. The van der Waals surface area contributed by atoms with E-state index >= 15 is 0 Å². The summed E-state index contributed by atoms with van der Waals surface area (Å²) in [6.07, 6.45) is 2.41. The molecule has 6 aromatic rings. The number of hydrogen-bond donors (Lipinski definition) is 2. The monoisotopic (exact) mass is 728 g/mol. The van der Waals surface area contributed by atoms with Crippen LogP contribution in [0, 0.1) is 6.92 Å². The summed E-state index contributed by atoms with van der Waals surface area (Å²) in [6.45, 7) is 18.4. The zero-order valence-electron chi connectivity index (χ0n) is 32.8. The summed E-state index contributed by atoms with van der Waals surface area (Å²) < 4.78 is 2.15. The van der Waals surface area contributed by atoms with Gasteiger partial charge in [-0.3, -0.25) is 23.7 Å². The number of hydrogen-bond acceptors (Lipinski definition) is 8. The van der Waals surface area contributed by atoms with Crippen molar-refractivity contribution in [2.45, 2.75) is 110 Å². The Morgan fingerprint density at radius 1 is 0.481 bits per heavy atom. The fourth-order valence-corrected chi connectivity index (χ4v) is 10.1. The van der Waals surface area contributed by atoms with Crippen LogP contribution in [0.3, 0.4) is 0 Å². The largest absolute Gasteiger partial charge is 0.313 e. The van der Waals surface area contributed by atoms with Crippen LogP contribution in [0.15, 0.2) is 67.7 Å². The van der Waals surface area contributed by atoms with Crippen LogP contribution in [-0.4, -0.2) is 51.8 Å². The van der Waals surface area contributed by atoms with Crippen LogP contribution in [-0.2, 0) is 7.05 Å². The molecule has 0 spiro atoms. The van der Waals surface area contributed by atoms with Gasteiger partial charge in [-0.2, -0.15) is 10.1 Å². The van der Waals surface area contributed by atoms with Crippen molar-refractivity contribution in [2.75, 3.05) is 0 Å². The molecule has 0 bridgehead atoms. The van der Waals surface area contributed by atoms with E-state index in [2.05, 4.69) is 52.8 Å². The predicted octanol–water partition coefficient (Wildman–Crippen LogP) is 5.44. The van der Waals surface area contributed by atoms with Crippen molar-refractivity contribution in [1.82, 2.24) is 19.3 Å². The second-order valence-electron chi connectivity index (χ2n) is 18.4. The van der Waals surface area contributed by atoms with Gasteiger partial charge in [-0.05, 0) is 144 Å². The van der Waals surface area contributed by atoms with E-state index in [-0.39, 0.29) is 21.5 Å². The standard InChI is InChI=1S/C44H48N4O6/c1-23-11-13-27-29(15-23)35(24-19-41(2,3)47(53)42(4,5)20-24)28-14-12-26(16-30(28)36(27)25-21-43(6,7)48(54)44(8,9)22-25)46-39(51)33-17-31-32(18-34(33)40(46)52)38(50)45(10)37(31)49/h11-18,53-54H,19-22H2,1-10H3. The third-order valence-electron chi connectivity index (χ3n) is 12.2. The first kappa shape index (κ1) is 36.2. The van der Waals surface area contributed by atoms with E-state index in [1.165, 1.54) is 34.9 Å². The van der Waals surface area contributed by atoms with Gasteiger partial charge in [0.2, 0.25) is 0 Å². The molecule has 4 heterocycles. The van der Waals surface area contributed by atoms with Crippen LogP contribution in [0.2, 0.25) is 0 Å². The molecule has 2 saturated heterocycles. The van der Waals surface area contributed by atoms with Crippen molar-refractivity contribution in [1.29, 1.82) is 0 Å². The van der Waals surface area contributed by atoms with Gasteiger partial charge in [-0.15, -0.1) is 0 Å². The molecule has 0 aliphatic carbocycles. The van der Waals surface area contributed by atoms with Crippen molar-refractivity contribution < 1.29 is 10.4 Å². The molecule has 2 aliphatic rings. The lowest BCUT2D eigenvalue weighted by molar-refractivity contribution is -0.228. The first-order valence-electron chi connectivity index (χ1n) is 18.6. The minimum absolute atomic E-state index is 0.0918. The smallest absolute Gasteiger partial charge is 0.266 e. The molecule has 0 unspecified atom stereocenters. The summed E-state index contributed by atoms with van der Waals surface area (Å²) in [7, 11) is 1.38. The van der Waals surface area contributed by atoms with Crippen LogP contribution >= 0.6 is 0 Å². The lowest BCUT2D eigenvalue weighted by Crippen LogP contribution is -2.57. The lowest BCUT2D eigenvalue weighted by Gasteiger charge is -2.50. The second-order valence-corrected chi connectivity index (χ2v) is 18.4. The molecule has 0 amide bonds. The SMILES string of the molecule is Cc1ccc2c(=C3CC(C)(C)N(O)C(C)(C)C3)c3cc(-n4c(=O)c5cc6c(=O)n(C)c(=O)c6cc5c4=O)ccc3c(=C3CC(C)(C)N(O)C(C)(C)C3)c2c1. The fourth-order valence-electron chi connectivity index (χ4n) is 10.1. The predicted molar refractivity (Wildman–Crippen MR) is 215 cm³/mol. The van der Waals surface area contributed by atoms with E-state index in [0.717, 1.165) is 52.3 Å². The van der Waals surface area contributed by atoms with Gasteiger partial charge in [0, 0.05) is 29.2 Å². The third-order valence-corrected chi connectivity index (χ3v) is 12.2. The Kier molecular flexibility index (Phi) is 7.65. The molecule has 4 aromatic carbocycles. The van der Waals surface area contributed by atoms with Gasteiger partial charge in [-0.25, -0.2) is 4.57 Å². The maximum atomic E-state index is 14.2. The highest BCUT2D eigenvalue weighted by molar-refractivity contribution is 6.04. The van der Waals surface area contributed by atoms with Gasteiger partial charge in [0.05, 0.1) is 27.2 Å². The van der Waals surface area contributed by atoms with Crippen molar-refractivity contribution in [3.8, 4) is 5.69 Å². The van der Waals surface area contributed by atoms with Crippen molar-refractivity contribution in [3.63, 3.8) is 0 Å². The molecule has 280 valence electrons. The van der Waals surface area contributed by atoms with Crippen LogP contribution < -0.4 is 32.7 Å². The zero-order valence-corrected chi connectivity index (χ0v) is 32.8. The minimum Gasteiger partial charge on any atom is -0.313 e. The molecule has 2 aromatic heterocycles. The highest BCUT2D eigenvalue weighted by Gasteiger charge is 2.44. The summed E-state index contributed by atoms with van der Waals surface area (Å²) in [6, 6.07) is 15.0. The highest BCUT2D eigenvalue weighted by atomic mass is 16.5. The third kappa shape index (κ3) is 5.07. The van der Waals surface area contributed by atoms with Gasteiger partial charge in [0.1, 0.15) is 0 Å². The Hall–Kier alpha value is -4.74. The van der Waals surface area contributed by atoms with E-state index in [1.807, 2.05) is 45.9 Å². The summed E-state index contributed by atoms with van der Waals surface area (Å²) in [4.78, 5) is 54.0. The van der Waals surface area contributed by atoms with E-state index in [4.69, 9.17) is 0 Å². The molecule has 2 aliphatic heterocycles. The number of aromatic nitrogens is 2. The van der Waals surface area contributed by atoms with Crippen LogP contribution in [0.5, 0.6) is 0 Å². The molecule has 0 saturated carbocycles. The number of rotatable bonds is 1. The molecule has 2 fully saturated rings. The first-order valence-corrected chi connectivity index (χ1v) is 18.6. The van der Waals surface area contributed by atoms with Gasteiger partial charge in [0.15, 0.2) is 0 Å². The van der Waals surface area contributed by atoms with Crippen LogP contribution in [0.4, 0.5) is 0 Å². The Labute approximate surface area is 312 Å². The molecule has 0 atom stereocenters. The number of aryl methyl sites for hydroxylation is 1. The normalized spacial score (nSPS) is 20.2. The Balaban J connectivity index is 1.55. The zero-order chi connectivity index (χ0) is 39.2. The molecule has 10 nitrogen and oxygen atoms in total. The van der Waals surface area contributed by atoms with Crippen LogP contribution in [0.1, 0.15) is 86.6 Å². The number of benzene rings is 4. The van der Waals surface area contributed by atoms with E-state index < -0.39 is 44.4 Å². The molecule has 54 heavy (non-hydrogen) atoms. The van der Waals surface area contributed by atoms with E-state index in [0.29, 0.717) is 31.4 Å². The topological polar surface area (TPSA) is 125 Å². The number of nitrogens with zero attached hydrogens (tertiary/aromatic N) is 4. The molecular weight excluding hydrogens is 681 g/mol. The molecular formula is C44H48N4O6. The fraction of sp³-hybridized carbons (Fsp3) is 0.409. The van der Waals surface area contributed by atoms with Crippen molar-refractivity contribution >= 4 is 54.2 Å². The second kappa shape index (κ2) is 11.4. The van der Waals surface area contributed by atoms with Crippen LogP contribution in [0.25, 0.3) is 59.9 Å². The maximum Gasteiger partial charge on any atom is 0.266 e. The van der Waals surface area contributed by atoms with E-state index in [9.17, 15) is 29.6 Å². The number of fused-ring (bicyclic) bond motifs is 4. The molecule has 0 radical (unpaired) electrons. The Morgan fingerprint density at radius 3 is 1.28 bits per heavy atom. The van der Waals surface area contributed by atoms with Crippen molar-refractivity contribution in [2.24, 2.45) is 7.05 Å². The quantitative estimate of drug-likeness (QED) is 0.215. The van der Waals surface area contributed by atoms with Gasteiger partial charge in [-0.1, -0.05) is 41.0 Å². The average Bonchev–Trinajstić information content (AvgIpc) is 3.45. The maximum absolute atomic E-state index is 14.2. The van der Waals surface area contributed by atoms with Gasteiger partial charge in [0.25, 0.3) is 22.2 Å². The molecule has 2 N–H and O–H groups in total.